The molecule has 0 amide bonds. The van der Waals surface area contributed by atoms with Gasteiger partial charge in [0.1, 0.15) is 11.9 Å². The molecule has 96 valence electrons. The number of benzene rings is 1. The second-order valence-electron chi connectivity index (χ2n) is 4.17. The van der Waals surface area contributed by atoms with Crippen LogP contribution in [0.2, 0.25) is 0 Å². The van der Waals surface area contributed by atoms with Crippen molar-refractivity contribution in [3.05, 3.63) is 52.0 Å². The number of rotatable bonds is 4. The number of nitrogens with one attached hydrogen (secondary N) is 1. The van der Waals surface area contributed by atoms with Gasteiger partial charge in [-0.2, -0.15) is 0 Å². The number of halogens is 1. The Morgan fingerprint density at radius 1 is 1.50 bits per heavy atom. The molecule has 3 N–H and O–H groups in total. The highest BCUT2D eigenvalue weighted by Gasteiger charge is 2.19. The molecule has 1 unspecified atom stereocenters. The second-order valence-corrected chi connectivity index (χ2v) is 5.09. The number of nitrogens with zero attached hydrogens (tertiary/aromatic N) is 2. The zero-order valence-electron chi connectivity index (χ0n) is 10.5. The molecule has 0 aliphatic rings. The summed E-state index contributed by atoms with van der Waals surface area (Å²) in [7, 11) is 0. The largest absolute Gasteiger partial charge is 0.334 e. The van der Waals surface area contributed by atoms with Crippen molar-refractivity contribution in [3.63, 3.8) is 0 Å². The first-order valence-corrected chi connectivity index (χ1v) is 6.69. The first kappa shape index (κ1) is 13.3. The van der Waals surface area contributed by atoms with Gasteiger partial charge in [-0.1, -0.05) is 22.0 Å². The number of imidazole rings is 1. The average molecular weight is 309 g/mol. The van der Waals surface area contributed by atoms with E-state index in [1.807, 2.05) is 12.3 Å². The summed E-state index contributed by atoms with van der Waals surface area (Å²) >= 11 is 3.50. The smallest absolute Gasteiger partial charge is 0.131 e. The molecule has 1 aromatic carbocycles. The van der Waals surface area contributed by atoms with E-state index >= 15 is 0 Å². The monoisotopic (exact) mass is 308 g/mol. The van der Waals surface area contributed by atoms with Gasteiger partial charge >= 0.3 is 0 Å². The molecular formula is C13H17BrN4. The van der Waals surface area contributed by atoms with E-state index < -0.39 is 0 Å². The fourth-order valence-electron chi connectivity index (χ4n) is 2.07. The molecule has 4 nitrogen and oxygen atoms in total. The molecule has 5 heteroatoms. The topological polar surface area (TPSA) is 55.9 Å². The quantitative estimate of drug-likeness (QED) is 0.674. The zero-order chi connectivity index (χ0) is 13.1. The maximum absolute atomic E-state index is 5.72. The predicted octanol–water partition coefficient (Wildman–Crippen LogP) is 2.53. The van der Waals surface area contributed by atoms with Gasteiger partial charge in [0.05, 0.1) is 0 Å². The van der Waals surface area contributed by atoms with Crippen LogP contribution in [0.4, 0.5) is 0 Å². The molecule has 0 aliphatic carbocycles. The van der Waals surface area contributed by atoms with E-state index in [1.54, 1.807) is 6.20 Å². The Kier molecular flexibility index (Phi) is 4.16. The lowest BCUT2D eigenvalue weighted by atomic mass is 10.0. The van der Waals surface area contributed by atoms with Crippen molar-refractivity contribution in [1.29, 1.82) is 0 Å². The van der Waals surface area contributed by atoms with E-state index in [1.165, 1.54) is 5.56 Å². The van der Waals surface area contributed by atoms with Crippen molar-refractivity contribution in [2.24, 2.45) is 5.84 Å². The van der Waals surface area contributed by atoms with E-state index in [0.29, 0.717) is 0 Å². The summed E-state index contributed by atoms with van der Waals surface area (Å²) in [6, 6.07) is 6.08. The van der Waals surface area contributed by atoms with E-state index in [9.17, 15) is 0 Å². The minimum atomic E-state index is -0.0996. The van der Waals surface area contributed by atoms with Crippen LogP contribution in [0.1, 0.15) is 29.9 Å². The Balaban J connectivity index is 2.48. The highest BCUT2D eigenvalue weighted by Crippen LogP contribution is 2.26. The number of aromatic nitrogens is 2. The lowest BCUT2D eigenvalue weighted by molar-refractivity contribution is 0.559. The molecule has 0 spiro atoms. The normalized spacial score (nSPS) is 12.7. The van der Waals surface area contributed by atoms with Gasteiger partial charge in [0, 0.05) is 23.4 Å². The van der Waals surface area contributed by atoms with Crippen LogP contribution in [-0.4, -0.2) is 9.55 Å². The van der Waals surface area contributed by atoms with Crippen molar-refractivity contribution in [3.8, 4) is 0 Å². The van der Waals surface area contributed by atoms with Crippen LogP contribution < -0.4 is 11.3 Å². The van der Waals surface area contributed by atoms with E-state index in [0.717, 1.165) is 22.4 Å². The summed E-state index contributed by atoms with van der Waals surface area (Å²) in [5.74, 6) is 6.65. The maximum atomic E-state index is 5.72. The molecular weight excluding hydrogens is 292 g/mol. The van der Waals surface area contributed by atoms with Gasteiger partial charge in [0.25, 0.3) is 0 Å². The SMILES string of the molecule is CCn1ccnc1C(NN)c1cc(Br)ccc1C. The zero-order valence-corrected chi connectivity index (χ0v) is 12.1. The molecule has 1 heterocycles. The fraction of sp³-hybridized carbons (Fsp3) is 0.308. The van der Waals surface area contributed by atoms with Gasteiger partial charge in [0.2, 0.25) is 0 Å². The van der Waals surface area contributed by atoms with Crippen LogP contribution in [0, 0.1) is 6.92 Å². The molecule has 0 aliphatic heterocycles. The van der Waals surface area contributed by atoms with Gasteiger partial charge in [-0.3, -0.25) is 5.84 Å². The Morgan fingerprint density at radius 2 is 2.28 bits per heavy atom. The number of nitrogens with two attached hydrogens (primary N) is 1. The summed E-state index contributed by atoms with van der Waals surface area (Å²) in [5.41, 5.74) is 5.18. The molecule has 0 saturated carbocycles. The van der Waals surface area contributed by atoms with Crippen molar-refractivity contribution in [2.75, 3.05) is 0 Å². The van der Waals surface area contributed by atoms with Gasteiger partial charge in [-0.25, -0.2) is 10.4 Å². The Hall–Kier alpha value is -1.17. The van der Waals surface area contributed by atoms with Gasteiger partial charge in [-0.05, 0) is 37.1 Å². The molecule has 0 saturated heterocycles. The van der Waals surface area contributed by atoms with Crippen LogP contribution >= 0.6 is 15.9 Å². The molecule has 2 aromatic rings. The summed E-state index contributed by atoms with van der Waals surface area (Å²) in [5, 5.41) is 0. The average Bonchev–Trinajstić information content (AvgIpc) is 2.83. The van der Waals surface area contributed by atoms with Crippen molar-refractivity contribution >= 4 is 15.9 Å². The molecule has 0 fully saturated rings. The van der Waals surface area contributed by atoms with Gasteiger partial charge in [0.15, 0.2) is 0 Å². The van der Waals surface area contributed by atoms with Crippen LogP contribution in [0.3, 0.4) is 0 Å². The second kappa shape index (κ2) is 5.65. The Labute approximate surface area is 115 Å². The third-order valence-electron chi connectivity index (χ3n) is 3.07. The van der Waals surface area contributed by atoms with Gasteiger partial charge in [-0.15, -0.1) is 0 Å². The number of hydrazine groups is 1. The molecule has 0 bridgehead atoms. The minimum Gasteiger partial charge on any atom is -0.334 e. The van der Waals surface area contributed by atoms with Crippen LogP contribution in [0.25, 0.3) is 0 Å². The van der Waals surface area contributed by atoms with E-state index in [4.69, 9.17) is 5.84 Å². The lowest BCUT2D eigenvalue weighted by Crippen LogP contribution is -2.31. The maximum Gasteiger partial charge on any atom is 0.131 e. The molecule has 18 heavy (non-hydrogen) atoms. The summed E-state index contributed by atoms with van der Waals surface area (Å²) in [6.07, 6.45) is 3.77. The standard InChI is InChI=1S/C13H17BrN4/c1-3-18-7-6-16-13(18)12(17-15)11-8-10(14)5-4-9(11)2/h4-8,12,17H,3,15H2,1-2H3. The van der Waals surface area contributed by atoms with Crippen LogP contribution in [0.15, 0.2) is 35.1 Å². The van der Waals surface area contributed by atoms with Crippen molar-refractivity contribution in [1.82, 2.24) is 15.0 Å². The first-order valence-electron chi connectivity index (χ1n) is 5.90. The Bertz CT molecular complexity index is 536. The molecule has 2 rings (SSSR count). The lowest BCUT2D eigenvalue weighted by Gasteiger charge is -2.19. The third-order valence-corrected chi connectivity index (χ3v) is 3.56. The van der Waals surface area contributed by atoms with Crippen molar-refractivity contribution in [2.45, 2.75) is 26.4 Å². The third kappa shape index (κ3) is 2.48. The molecule has 1 atom stereocenters. The number of aryl methyl sites for hydroxylation is 2. The fourth-order valence-corrected chi connectivity index (χ4v) is 2.45. The number of hydrogen-bond donors (Lipinski definition) is 2. The van der Waals surface area contributed by atoms with Gasteiger partial charge < -0.3 is 4.57 Å². The summed E-state index contributed by atoms with van der Waals surface area (Å²) < 4.78 is 3.13. The summed E-state index contributed by atoms with van der Waals surface area (Å²) in [4.78, 5) is 4.41. The van der Waals surface area contributed by atoms with Crippen LogP contribution in [-0.2, 0) is 6.54 Å². The predicted molar refractivity (Wildman–Crippen MR) is 75.9 cm³/mol. The van der Waals surface area contributed by atoms with E-state index in [2.05, 4.69) is 56.9 Å². The highest BCUT2D eigenvalue weighted by molar-refractivity contribution is 9.10. The summed E-state index contributed by atoms with van der Waals surface area (Å²) in [6.45, 7) is 5.04. The minimum absolute atomic E-state index is 0.0996. The highest BCUT2D eigenvalue weighted by atomic mass is 79.9. The van der Waals surface area contributed by atoms with Crippen molar-refractivity contribution < 1.29 is 0 Å². The van der Waals surface area contributed by atoms with E-state index in [-0.39, 0.29) is 6.04 Å². The number of hydrogen-bond acceptors (Lipinski definition) is 3. The molecule has 1 aromatic heterocycles. The Morgan fingerprint density at radius 3 is 2.94 bits per heavy atom. The molecule has 0 radical (unpaired) electrons. The van der Waals surface area contributed by atoms with Crippen LogP contribution in [0.5, 0.6) is 0 Å². The first-order chi connectivity index (χ1) is 8.67.